The second kappa shape index (κ2) is 5.73. The SMILES string of the molecule is COc1ccccc1C1C=C(C23CC4CC(CC(C4)C2)C3)NC(=S)N1. The predicted molar refractivity (Wildman–Crippen MR) is 103 cm³/mol. The Balaban J connectivity index is 1.52. The van der Waals surface area contributed by atoms with E-state index in [4.69, 9.17) is 17.0 Å². The molecule has 1 heterocycles. The van der Waals surface area contributed by atoms with Crippen LogP contribution in [-0.2, 0) is 0 Å². The summed E-state index contributed by atoms with van der Waals surface area (Å²) in [5.41, 5.74) is 2.88. The molecule has 6 rings (SSSR count). The van der Waals surface area contributed by atoms with Gasteiger partial charge in [-0.3, -0.25) is 0 Å². The van der Waals surface area contributed by atoms with Gasteiger partial charge in [0.2, 0.25) is 0 Å². The van der Waals surface area contributed by atoms with Crippen LogP contribution in [0.4, 0.5) is 0 Å². The Hall–Kier alpha value is -1.55. The van der Waals surface area contributed by atoms with E-state index in [0.717, 1.165) is 34.2 Å². The lowest BCUT2D eigenvalue weighted by Gasteiger charge is -2.58. The van der Waals surface area contributed by atoms with Crippen molar-refractivity contribution < 1.29 is 4.74 Å². The zero-order chi connectivity index (χ0) is 17.0. The molecule has 1 aromatic rings. The Kier molecular flexibility index (Phi) is 3.60. The predicted octanol–water partition coefficient (Wildman–Crippen LogP) is 4.31. The van der Waals surface area contributed by atoms with Crippen molar-refractivity contribution >= 4 is 17.3 Å². The van der Waals surface area contributed by atoms with Gasteiger partial charge in [0.15, 0.2) is 5.11 Å². The van der Waals surface area contributed by atoms with Crippen LogP contribution in [-0.4, -0.2) is 12.2 Å². The second-order valence-corrected chi connectivity index (χ2v) is 9.00. The molecule has 0 amide bonds. The molecule has 4 bridgehead atoms. The molecule has 0 radical (unpaired) electrons. The first-order valence-electron chi connectivity index (χ1n) is 9.58. The van der Waals surface area contributed by atoms with Crippen LogP contribution >= 0.6 is 12.2 Å². The van der Waals surface area contributed by atoms with E-state index in [2.05, 4.69) is 28.8 Å². The minimum atomic E-state index is 0.0907. The standard InChI is InChI=1S/C21H26N2OS/c1-24-18-5-3-2-4-16(18)17-9-19(23-20(25)22-17)21-10-13-6-14(11-21)8-15(7-13)12-21/h2-5,9,13-15,17H,6-8,10-12H2,1H3,(H2,22,23,25). The maximum atomic E-state index is 5.59. The maximum absolute atomic E-state index is 5.59. The zero-order valence-electron chi connectivity index (χ0n) is 14.8. The van der Waals surface area contributed by atoms with Crippen LogP contribution in [0.25, 0.3) is 0 Å². The Morgan fingerprint density at radius 2 is 1.68 bits per heavy atom. The number of benzene rings is 1. The number of nitrogens with one attached hydrogen (secondary N) is 2. The van der Waals surface area contributed by atoms with Crippen LogP contribution in [0.5, 0.6) is 5.75 Å². The number of hydrogen-bond acceptors (Lipinski definition) is 2. The fraction of sp³-hybridized carbons (Fsp3) is 0.571. The summed E-state index contributed by atoms with van der Waals surface area (Å²) in [6.07, 6.45) is 10.8. The topological polar surface area (TPSA) is 33.3 Å². The zero-order valence-corrected chi connectivity index (χ0v) is 15.6. The number of para-hydroxylation sites is 1. The van der Waals surface area contributed by atoms with E-state index < -0.39 is 0 Å². The molecular weight excluding hydrogens is 328 g/mol. The molecule has 5 aliphatic rings. The first-order valence-corrected chi connectivity index (χ1v) is 9.99. The molecule has 1 unspecified atom stereocenters. The number of ether oxygens (including phenoxy) is 1. The van der Waals surface area contributed by atoms with Crippen molar-refractivity contribution in [2.45, 2.75) is 44.6 Å². The van der Waals surface area contributed by atoms with Crippen molar-refractivity contribution in [2.75, 3.05) is 7.11 Å². The molecule has 0 saturated heterocycles. The molecule has 0 spiro atoms. The van der Waals surface area contributed by atoms with Crippen LogP contribution in [0.1, 0.15) is 50.1 Å². The molecule has 0 aromatic heterocycles. The van der Waals surface area contributed by atoms with Gasteiger partial charge in [0, 0.05) is 16.7 Å². The number of rotatable bonds is 3. The highest BCUT2D eigenvalue weighted by molar-refractivity contribution is 7.80. The molecule has 2 N–H and O–H groups in total. The quantitative estimate of drug-likeness (QED) is 0.792. The minimum absolute atomic E-state index is 0.0907. The van der Waals surface area contributed by atoms with Gasteiger partial charge in [0.1, 0.15) is 5.75 Å². The Labute approximate surface area is 155 Å². The number of hydrogen-bond donors (Lipinski definition) is 2. The lowest BCUT2D eigenvalue weighted by atomic mass is 9.48. The highest BCUT2D eigenvalue weighted by Gasteiger charge is 2.53. The van der Waals surface area contributed by atoms with Crippen molar-refractivity contribution in [1.82, 2.24) is 10.6 Å². The first kappa shape index (κ1) is 15.7. The summed E-state index contributed by atoms with van der Waals surface area (Å²) in [6.45, 7) is 0. The van der Waals surface area contributed by atoms with E-state index in [1.165, 1.54) is 44.2 Å². The molecular formula is C21H26N2OS. The fourth-order valence-electron chi connectivity index (χ4n) is 6.39. The largest absolute Gasteiger partial charge is 0.496 e. The van der Waals surface area contributed by atoms with Gasteiger partial charge in [-0.15, -0.1) is 0 Å². The van der Waals surface area contributed by atoms with Gasteiger partial charge in [0.25, 0.3) is 0 Å². The van der Waals surface area contributed by atoms with Gasteiger partial charge in [-0.05, 0) is 80.6 Å². The number of thiocarbonyl (C=S) groups is 1. The van der Waals surface area contributed by atoms with E-state index in [-0.39, 0.29) is 6.04 Å². The average Bonchev–Trinajstić information content (AvgIpc) is 2.60. The van der Waals surface area contributed by atoms with E-state index >= 15 is 0 Å². The Morgan fingerprint density at radius 1 is 1.04 bits per heavy atom. The van der Waals surface area contributed by atoms with Crippen LogP contribution in [0.2, 0.25) is 0 Å². The molecule has 25 heavy (non-hydrogen) atoms. The summed E-state index contributed by atoms with van der Waals surface area (Å²) < 4.78 is 5.59. The fourth-order valence-corrected chi connectivity index (χ4v) is 6.63. The van der Waals surface area contributed by atoms with E-state index in [1.54, 1.807) is 7.11 Å². The summed E-state index contributed by atoms with van der Waals surface area (Å²) in [7, 11) is 1.74. The monoisotopic (exact) mass is 354 g/mol. The molecule has 3 nitrogen and oxygen atoms in total. The van der Waals surface area contributed by atoms with Crippen LogP contribution < -0.4 is 15.4 Å². The van der Waals surface area contributed by atoms with Gasteiger partial charge in [-0.1, -0.05) is 18.2 Å². The highest BCUT2D eigenvalue weighted by atomic mass is 32.1. The molecule has 4 fully saturated rings. The van der Waals surface area contributed by atoms with E-state index in [0.29, 0.717) is 5.41 Å². The third-order valence-electron chi connectivity index (χ3n) is 6.95. The van der Waals surface area contributed by atoms with Gasteiger partial charge < -0.3 is 15.4 Å². The summed E-state index contributed by atoms with van der Waals surface area (Å²) in [5.74, 6) is 3.72. The van der Waals surface area contributed by atoms with Crippen LogP contribution in [0, 0.1) is 23.2 Å². The molecule has 1 aromatic carbocycles. The Morgan fingerprint density at radius 3 is 2.32 bits per heavy atom. The summed E-state index contributed by atoms with van der Waals surface area (Å²) >= 11 is 5.59. The van der Waals surface area contributed by atoms with Crippen molar-refractivity contribution in [3.8, 4) is 5.75 Å². The lowest BCUT2D eigenvalue weighted by Crippen LogP contribution is -2.53. The van der Waals surface area contributed by atoms with Crippen molar-refractivity contribution in [1.29, 1.82) is 0 Å². The van der Waals surface area contributed by atoms with E-state index in [9.17, 15) is 0 Å². The van der Waals surface area contributed by atoms with E-state index in [1.807, 2.05) is 12.1 Å². The average molecular weight is 355 g/mol. The summed E-state index contributed by atoms with van der Waals surface area (Å²) in [4.78, 5) is 0. The third-order valence-corrected chi connectivity index (χ3v) is 7.17. The maximum Gasteiger partial charge on any atom is 0.171 e. The molecule has 4 aliphatic carbocycles. The lowest BCUT2D eigenvalue weighted by molar-refractivity contribution is -0.0332. The smallest absolute Gasteiger partial charge is 0.171 e. The molecule has 4 heteroatoms. The third kappa shape index (κ3) is 2.57. The molecule has 1 atom stereocenters. The Bertz CT molecular complexity index is 706. The minimum Gasteiger partial charge on any atom is -0.496 e. The van der Waals surface area contributed by atoms with Crippen molar-refractivity contribution in [2.24, 2.45) is 23.2 Å². The first-order chi connectivity index (χ1) is 12.1. The molecule has 4 saturated carbocycles. The van der Waals surface area contributed by atoms with Crippen LogP contribution in [0.3, 0.4) is 0 Å². The van der Waals surface area contributed by atoms with Crippen molar-refractivity contribution in [3.05, 3.63) is 41.6 Å². The summed E-state index contributed by atoms with van der Waals surface area (Å²) in [6, 6.07) is 8.35. The summed E-state index contributed by atoms with van der Waals surface area (Å²) in [5, 5.41) is 7.74. The number of methoxy groups -OCH3 is 1. The van der Waals surface area contributed by atoms with Crippen LogP contribution in [0.15, 0.2) is 36.0 Å². The molecule has 132 valence electrons. The normalized spacial score (nSPS) is 38.8. The molecule has 1 aliphatic heterocycles. The van der Waals surface area contributed by atoms with Gasteiger partial charge in [0.05, 0.1) is 13.2 Å². The number of allylic oxidation sites excluding steroid dienone is 1. The van der Waals surface area contributed by atoms with Crippen molar-refractivity contribution in [3.63, 3.8) is 0 Å². The van der Waals surface area contributed by atoms with Gasteiger partial charge in [-0.25, -0.2) is 0 Å². The van der Waals surface area contributed by atoms with Gasteiger partial charge >= 0.3 is 0 Å². The second-order valence-electron chi connectivity index (χ2n) is 8.60. The van der Waals surface area contributed by atoms with Gasteiger partial charge in [-0.2, -0.15) is 0 Å². The highest BCUT2D eigenvalue weighted by Crippen LogP contribution is 2.62.